The maximum absolute atomic E-state index is 11.4. The number of aromatic nitrogens is 4. The summed E-state index contributed by atoms with van der Waals surface area (Å²) in [5.41, 5.74) is 4.45. The third kappa shape index (κ3) is 4.57. The molecule has 4 aromatic rings. The fourth-order valence-corrected chi connectivity index (χ4v) is 4.78. The molecule has 10 nitrogen and oxygen atoms in total. The first-order valence-corrected chi connectivity index (χ1v) is 12.1. The van der Waals surface area contributed by atoms with Crippen LogP contribution in [0.3, 0.4) is 0 Å². The third-order valence-electron chi connectivity index (χ3n) is 6.96. The van der Waals surface area contributed by atoms with Gasteiger partial charge in [0.15, 0.2) is 0 Å². The van der Waals surface area contributed by atoms with E-state index in [1.165, 1.54) is 7.05 Å². The van der Waals surface area contributed by atoms with Gasteiger partial charge in [0, 0.05) is 55.9 Å². The fraction of sp³-hybridized carbons (Fsp3) is 0.296. The summed E-state index contributed by atoms with van der Waals surface area (Å²) in [5.74, 6) is 1.15. The van der Waals surface area contributed by atoms with Gasteiger partial charge >= 0.3 is 6.09 Å². The first-order chi connectivity index (χ1) is 17.9. The minimum atomic E-state index is -1.08. The lowest BCUT2D eigenvalue weighted by Gasteiger charge is -2.36. The highest BCUT2D eigenvalue weighted by Gasteiger charge is 2.26. The summed E-state index contributed by atoms with van der Waals surface area (Å²) >= 11 is 0. The van der Waals surface area contributed by atoms with Crippen molar-refractivity contribution in [3.63, 3.8) is 0 Å². The van der Waals surface area contributed by atoms with E-state index in [4.69, 9.17) is 9.97 Å². The minimum absolute atomic E-state index is 0.323. The van der Waals surface area contributed by atoms with Crippen LogP contribution >= 0.6 is 0 Å². The summed E-state index contributed by atoms with van der Waals surface area (Å²) < 4.78 is 2.01. The minimum Gasteiger partial charge on any atom is -0.465 e. The Kier molecular flexibility index (Phi) is 6.46. The topological polar surface area (TPSA) is 114 Å². The van der Waals surface area contributed by atoms with E-state index in [0.29, 0.717) is 17.4 Å². The number of nitrogens with zero attached hydrogens (tertiary/aromatic N) is 8. The molecule has 0 saturated carbocycles. The summed E-state index contributed by atoms with van der Waals surface area (Å²) in [5, 5.41) is 18.6. The number of amides is 1. The molecular weight excluding hydrogens is 468 g/mol. The van der Waals surface area contributed by atoms with Crippen molar-refractivity contribution in [3.8, 4) is 28.5 Å². The van der Waals surface area contributed by atoms with E-state index in [-0.39, 0.29) is 0 Å². The SMILES string of the molecule is CN(C(=O)O)c1ccc(-c2c(-c3ccc(C#N)cc3)nc(N3CCC(N(C)C)CC3)n3ccnc23)cn1. The van der Waals surface area contributed by atoms with Crippen molar-refractivity contribution in [3.05, 3.63) is 60.6 Å². The number of hydrogen-bond donors (Lipinski definition) is 1. The van der Waals surface area contributed by atoms with Gasteiger partial charge in [-0.15, -0.1) is 0 Å². The van der Waals surface area contributed by atoms with Gasteiger partial charge in [0.1, 0.15) is 11.5 Å². The number of fused-ring (bicyclic) bond motifs is 1. The molecule has 0 unspecified atom stereocenters. The Morgan fingerprint density at radius 1 is 1.05 bits per heavy atom. The molecule has 0 spiro atoms. The van der Waals surface area contributed by atoms with Crippen LogP contribution in [0.25, 0.3) is 28.0 Å². The standard InChI is InChI=1S/C27H28N8O2/c1-32(2)21-10-13-34(14-11-21)26-31-24(19-6-4-18(16-28)5-7-19)23(25-29-12-15-35(25)26)20-8-9-22(30-17-20)33(3)27(36)37/h4-9,12,15,17,21H,10-11,13-14H2,1-3H3,(H,36,37). The van der Waals surface area contributed by atoms with Crippen molar-refractivity contribution in [1.29, 1.82) is 5.26 Å². The van der Waals surface area contributed by atoms with Crippen LogP contribution in [0.4, 0.5) is 16.6 Å². The Labute approximate surface area is 215 Å². The lowest BCUT2D eigenvalue weighted by atomic mass is 10.00. The summed E-state index contributed by atoms with van der Waals surface area (Å²) in [6.07, 6.45) is 6.33. The van der Waals surface area contributed by atoms with Gasteiger partial charge in [-0.05, 0) is 51.2 Å². The van der Waals surface area contributed by atoms with Crippen molar-refractivity contribution < 1.29 is 9.90 Å². The average Bonchev–Trinajstić information content (AvgIpc) is 3.42. The van der Waals surface area contributed by atoms with Gasteiger partial charge in [-0.2, -0.15) is 5.26 Å². The van der Waals surface area contributed by atoms with Crippen molar-refractivity contribution in [1.82, 2.24) is 24.3 Å². The number of piperidine rings is 1. The van der Waals surface area contributed by atoms with Gasteiger partial charge in [-0.25, -0.2) is 19.7 Å². The van der Waals surface area contributed by atoms with Gasteiger partial charge in [0.2, 0.25) is 5.95 Å². The van der Waals surface area contributed by atoms with E-state index in [0.717, 1.165) is 64.8 Å². The molecule has 4 heterocycles. The third-order valence-corrected chi connectivity index (χ3v) is 6.96. The number of imidazole rings is 1. The second-order valence-corrected chi connectivity index (χ2v) is 9.37. The molecule has 1 fully saturated rings. The predicted molar refractivity (Wildman–Crippen MR) is 142 cm³/mol. The maximum atomic E-state index is 11.4. The Morgan fingerprint density at radius 2 is 1.76 bits per heavy atom. The molecule has 1 aliphatic heterocycles. The van der Waals surface area contributed by atoms with Crippen LogP contribution in [0.5, 0.6) is 0 Å². The van der Waals surface area contributed by atoms with Crippen LogP contribution in [0.15, 0.2) is 55.0 Å². The first kappa shape index (κ1) is 24.2. The smallest absolute Gasteiger partial charge is 0.412 e. The number of nitriles is 1. The molecular formula is C27H28N8O2. The zero-order chi connectivity index (χ0) is 26.1. The molecule has 10 heteroatoms. The normalized spacial score (nSPS) is 14.2. The summed E-state index contributed by atoms with van der Waals surface area (Å²) in [6, 6.07) is 13.6. The number of hydrogen-bond acceptors (Lipinski definition) is 7. The quantitative estimate of drug-likeness (QED) is 0.441. The highest BCUT2D eigenvalue weighted by atomic mass is 16.4. The maximum Gasteiger partial charge on any atom is 0.412 e. The van der Waals surface area contributed by atoms with Gasteiger partial charge in [0.05, 0.1) is 22.9 Å². The van der Waals surface area contributed by atoms with Crippen LogP contribution in [-0.4, -0.2) is 75.7 Å². The summed E-state index contributed by atoms with van der Waals surface area (Å²) in [6.45, 7) is 1.76. The molecule has 0 aliphatic carbocycles. The van der Waals surface area contributed by atoms with Gasteiger partial charge in [-0.1, -0.05) is 12.1 Å². The van der Waals surface area contributed by atoms with Crippen LogP contribution in [0, 0.1) is 11.3 Å². The zero-order valence-corrected chi connectivity index (χ0v) is 21.0. The summed E-state index contributed by atoms with van der Waals surface area (Å²) in [4.78, 5) is 31.3. The van der Waals surface area contributed by atoms with Crippen LogP contribution in [0.1, 0.15) is 18.4 Å². The first-order valence-electron chi connectivity index (χ1n) is 12.1. The average molecular weight is 497 g/mol. The van der Waals surface area contributed by atoms with E-state index in [9.17, 15) is 15.2 Å². The molecule has 0 atom stereocenters. The molecule has 1 saturated heterocycles. The molecule has 1 aromatic carbocycles. The second kappa shape index (κ2) is 9.87. The van der Waals surface area contributed by atoms with Gasteiger partial charge in [-0.3, -0.25) is 9.30 Å². The number of anilines is 2. The fourth-order valence-electron chi connectivity index (χ4n) is 4.78. The highest BCUT2D eigenvalue weighted by Crippen LogP contribution is 2.37. The summed E-state index contributed by atoms with van der Waals surface area (Å²) in [7, 11) is 5.70. The van der Waals surface area contributed by atoms with Crippen LogP contribution in [-0.2, 0) is 0 Å². The van der Waals surface area contributed by atoms with Gasteiger partial charge in [0.25, 0.3) is 0 Å². The van der Waals surface area contributed by atoms with Crippen LogP contribution in [0.2, 0.25) is 0 Å². The molecule has 0 radical (unpaired) electrons. The number of rotatable bonds is 5. The van der Waals surface area contributed by atoms with Crippen molar-refractivity contribution in [2.24, 2.45) is 0 Å². The molecule has 37 heavy (non-hydrogen) atoms. The Bertz CT molecular complexity index is 1460. The van der Waals surface area contributed by atoms with E-state index >= 15 is 0 Å². The monoisotopic (exact) mass is 496 g/mol. The number of carboxylic acid groups (broad SMARTS) is 1. The van der Waals surface area contributed by atoms with E-state index < -0.39 is 6.09 Å². The molecule has 3 aromatic heterocycles. The molecule has 5 rings (SSSR count). The zero-order valence-electron chi connectivity index (χ0n) is 21.0. The predicted octanol–water partition coefficient (Wildman–Crippen LogP) is 3.97. The number of benzene rings is 1. The van der Waals surface area contributed by atoms with Crippen molar-refractivity contribution in [2.45, 2.75) is 18.9 Å². The molecule has 188 valence electrons. The lowest BCUT2D eigenvalue weighted by Crippen LogP contribution is -2.43. The molecule has 1 N–H and O–H groups in total. The lowest BCUT2D eigenvalue weighted by molar-refractivity contribution is 0.203. The Hall–Kier alpha value is -4.49. The Balaban J connectivity index is 1.66. The number of pyridine rings is 1. The highest BCUT2D eigenvalue weighted by molar-refractivity contribution is 5.91. The van der Waals surface area contributed by atoms with Crippen LogP contribution < -0.4 is 9.80 Å². The van der Waals surface area contributed by atoms with Gasteiger partial charge < -0.3 is 14.9 Å². The van der Waals surface area contributed by atoms with Crippen molar-refractivity contribution in [2.75, 3.05) is 44.0 Å². The molecule has 1 amide bonds. The molecule has 0 bridgehead atoms. The van der Waals surface area contributed by atoms with E-state index in [2.05, 4.69) is 34.9 Å². The molecule has 1 aliphatic rings. The largest absolute Gasteiger partial charge is 0.465 e. The van der Waals surface area contributed by atoms with E-state index in [1.54, 1.807) is 30.6 Å². The second-order valence-electron chi connectivity index (χ2n) is 9.37. The van der Waals surface area contributed by atoms with Crippen molar-refractivity contribution >= 4 is 23.5 Å². The number of carbonyl (C=O) groups is 1. The van der Waals surface area contributed by atoms with E-state index in [1.807, 2.05) is 28.8 Å². The Morgan fingerprint density at radius 3 is 2.35 bits per heavy atom.